The van der Waals surface area contributed by atoms with Crippen molar-refractivity contribution in [3.63, 3.8) is 0 Å². The monoisotopic (exact) mass is 628 g/mol. The van der Waals surface area contributed by atoms with E-state index < -0.39 is 103 Å². The van der Waals surface area contributed by atoms with Gasteiger partial charge < -0.3 is 19.7 Å². The van der Waals surface area contributed by atoms with Crippen molar-refractivity contribution >= 4 is 11.9 Å². The third kappa shape index (κ3) is 9.09. The van der Waals surface area contributed by atoms with Crippen LogP contribution in [0.4, 0.5) is 0 Å². The lowest BCUT2D eigenvalue weighted by molar-refractivity contribution is -0.155. The average molecular weight is 629 g/mol. The number of rotatable bonds is 14. The van der Waals surface area contributed by atoms with Crippen LogP contribution in [0.3, 0.4) is 0 Å². The molecule has 0 unspecified atom stereocenters. The zero-order valence-electron chi connectivity index (χ0n) is 25.7. The molecule has 0 aromatic carbocycles. The molecule has 18 heteroatoms. The van der Waals surface area contributed by atoms with E-state index in [-0.39, 0.29) is 19.5 Å². The number of aromatic nitrogens is 6. The lowest BCUT2D eigenvalue weighted by Crippen LogP contribution is -2.56. The third-order valence-corrected chi connectivity index (χ3v) is 6.03. The molecule has 2 aromatic heterocycles. The summed E-state index contributed by atoms with van der Waals surface area (Å²) in [6, 6.07) is 0. The number of esters is 2. The number of aliphatic hydroxyl groups is 2. The van der Waals surface area contributed by atoms with Gasteiger partial charge in [-0.25, -0.2) is 56.2 Å². The number of hydrogen-bond acceptors (Lipinski definition) is 12. The van der Waals surface area contributed by atoms with E-state index in [1.165, 1.54) is 20.8 Å². The van der Waals surface area contributed by atoms with Crippen molar-refractivity contribution in [2.24, 2.45) is 0 Å². The molecule has 44 heavy (non-hydrogen) atoms. The van der Waals surface area contributed by atoms with Gasteiger partial charge in [0.15, 0.2) is 0 Å². The maximum atomic E-state index is 13.0. The molecule has 246 valence electrons. The van der Waals surface area contributed by atoms with Gasteiger partial charge in [-0.3, -0.25) is 9.59 Å². The summed E-state index contributed by atoms with van der Waals surface area (Å²) in [6.07, 6.45) is -0.830. The molecule has 0 aliphatic heterocycles. The van der Waals surface area contributed by atoms with Crippen LogP contribution in [0.15, 0.2) is 28.8 Å². The quantitative estimate of drug-likeness (QED) is 0.197. The van der Waals surface area contributed by atoms with Gasteiger partial charge in [0, 0.05) is 19.6 Å². The Labute approximate surface area is 249 Å². The number of carbonyl (C=O) groups is 2. The number of ether oxygens (including phenoxy) is 2. The zero-order chi connectivity index (χ0) is 33.6. The average Bonchev–Trinajstić information content (AvgIpc) is 2.89. The first-order valence-corrected chi connectivity index (χ1v) is 13.9. The largest absolute Gasteiger partial charge is 0.464 e. The number of carbonyl (C=O) groups excluding carboxylic acids is 2. The zero-order valence-corrected chi connectivity index (χ0v) is 25.7. The highest BCUT2D eigenvalue weighted by atomic mass is 16.6. The summed E-state index contributed by atoms with van der Waals surface area (Å²) < 4.78 is 14.2. The number of aliphatic hydroxyl groups excluding tert-OH is 1. The van der Waals surface area contributed by atoms with Crippen LogP contribution in [0.1, 0.15) is 54.4 Å². The molecule has 2 N–H and O–H groups in total. The van der Waals surface area contributed by atoms with Crippen molar-refractivity contribution in [2.45, 2.75) is 105 Å². The van der Waals surface area contributed by atoms with Crippen LogP contribution < -0.4 is 34.1 Å². The van der Waals surface area contributed by atoms with Crippen molar-refractivity contribution in [3.8, 4) is 0 Å². The Balaban J connectivity index is 2.23. The standard InChI is InChI=1S/C26H40N6O12/c1-7-27-19(36)28(21(38)29(20(27)37)11-9-18(35)44-25(2,3)4)10-8-17(34)43-15-13-31-22(39)30(12-14-33)23(40)32(24(31)41)16-26(5,6)42/h33,42H,7-16H2,1-6H3. The van der Waals surface area contributed by atoms with E-state index in [2.05, 4.69) is 0 Å². The van der Waals surface area contributed by atoms with Gasteiger partial charge in [-0.05, 0) is 41.5 Å². The van der Waals surface area contributed by atoms with E-state index in [1.807, 2.05) is 0 Å². The highest BCUT2D eigenvalue weighted by molar-refractivity contribution is 5.69. The van der Waals surface area contributed by atoms with E-state index in [0.29, 0.717) is 22.8 Å². The van der Waals surface area contributed by atoms with Gasteiger partial charge in [-0.15, -0.1) is 0 Å². The first-order chi connectivity index (χ1) is 20.3. The maximum Gasteiger partial charge on any atom is 0.336 e. The predicted molar refractivity (Wildman–Crippen MR) is 154 cm³/mol. The first-order valence-electron chi connectivity index (χ1n) is 13.9. The van der Waals surface area contributed by atoms with Crippen LogP contribution >= 0.6 is 0 Å². The molecule has 0 aliphatic carbocycles. The lowest BCUT2D eigenvalue weighted by Gasteiger charge is -2.20. The second-order valence-electron chi connectivity index (χ2n) is 11.5. The number of nitrogens with zero attached hydrogens (tertiary/aromatic N) is 6. The van der Waals surface area contributed by atoms with E-state index >= 15 is 0 Å². The summed E-state index contributed by atoms with van der Waals surface area (Å²) in [5.41, 5.74) is -8.36. The SMILES string of the molecule is CCn1c(=O)n(CCC(=O)OCCn2c(=O)n(CCO)c(=O)n(CC(C)(C)O)c2=O)c(=O)n(CCC(=O)OC(C)(C)C)c1=O. The normalized spacial score (nSPS) is 11.9. The van der Waals surface area contributed by atoms with Gasteiger partial charge in [-0.2, -0.15) is 0 Å². The number of hydrogen-bond donors (Lipinski definition) is 2. The van der Waals surface area contributed by atoms with Gasteiger partial charge in [0.25, 0.3) is 0 Å². The summed E-state index contributed by atoms with van der Waals surface area (Å²) >= 11 is 0. The predicted octanol–water partition coefficient (Wildman–Crippen LogP) is -3.19. The molecule has 0 bridgehead atoms. The summed E-state index contributed by atoms with van der Waals surface area (Å²) in [5.74, 6) is -1.58. The molecule has 0 atom stereocenters. The fourth-order valence-corrected chi connectivity index (χ4v) is 4.14. The van der Waals surface area contributed by atoms with Gasteiger partial charge in [0.05, 0.1) is 44.7 Å². The Morgan fingerprint density at radius 2 is 1.05 bits per heavy atom. The van der Waals surface area contributed by atoms with E-state index in [4.69, 9.17) is 9.47 Å². The molecule has 18 nitrogen and oxygen atoms in total. The smallest absolute Gasteiger partial charge is 0.336 e. The van der Waals surface area contributed by atoms with Crippen LogP contribution in [0, 0.1) is 0 Å². The topological polar surface area (TPSA) is 225 Å². The second-order valence-corrected chi connectivity index (χ2v) is 11.5. The van der Waals surface area contributed by atoms with Crippen LogP contribution in [0.5, 0.6) is 0 Å². The minimum Gasteiger partial charge on any atom is -0.464 e. The molecule has 0 spiro atoms. The van der Waals surface area contributed by atoms with Crippen LogP contribution in [-0.4, -0.2) is 74.0 Å². The van der Waals surface area contributed by atoms with Crippen molar-refractivity contribution in [2.75, 3.05) is 13.2 Å². The Morgan fingerprint density at radius 3 is 1.48 bits per heavy atom. The van der Waals surface area contributed by atoms with Crippen molar-refractivity contribution in [1.82, 2.24) is 27.4 Å². The molecule has 0 aliphatic rings. The van der Waals surface area contributed by atoms with Crippen LogP contribution in [-0.2, 0) is 58.3 Å². The molecule has 2 aromatic rings. The highest BCUT2D eigenvalue weighted by Gasteiger charge is 2.22. The highest BCUT2D eigenvalue weighted by Crippen LogP contribution is 2.08. The third-order valence-electron chi connectivity index (χ3n) is 6.03. The molecule has 0 radical (unpaired) electrons. The van der Waals surface area contributed by atoms with Gasteiger partial charge in [0.2, 0.25) is 0 Å². The summed E-state index contributed by atoms with van der Waals surface area (Å²) in [5, 5.41) is 19.4. The molecule has 0 saturated carbocycles. The molecular formula is C26H40N6O12. The Bertz CT molecular complexity index is 1720. The van der Waals surface area contributed by atoms with Crippen LogP contribution in [0.25, 0.3) is 0 Å². The van der Waals surface area contributed by atoms with E-state index in [0.717, 1.165) is 4.57 Å². The Kier molecular flexibility index (Phi) is 11.8. The summed E-state index contributed by atoms with van der Waals surface area (Å²) in [4.78, 5) is 101. The van der Waals surface area contributed by atoms with E-state index in [9.17, 15) is 48.6 Å². The molecular weight excluding hydrogens is 588 g/mol. The van der Waals surface area contributed by atoms with Crippen molar-refractivity contribution < 1.29 is 29.3 Å². The van der Waals surface area contributed by atoms with Gasteiger partial charge >= 0.3 is 46.1 Å². The molecule has 0 fully saturated rings. The molecule has 0 saturated heterocycles. The van der Waals surface area contributed by atoms with Gasteiger partial charge in [-0.1, -0.05) is 0 Å². The first kappa shape index (κ1) is 35.9. The van der Waals surface area contributed by atoms with Gasteiger partial charge in [0.1, 0.15) is 12.2 Å². The fraction of sp³-hybridized carbons (Fsp3) is 0.692. The fourth-order valence-electron chi connectivity index (χ4n) is 4.14. The second kappa shape index (κ2) is 14.4. The summed E-state index contributed by atoms with van der Waals surface area (Å²) in [6.45, 7) is 5.76. The lowest BCUT2D eigenvalue weighted by atomic mass is 10.1. The van der Waals surface area contributed by atoms with Crippen molar-refractivity contribution in [3.05, 3.63) is 62.9 Å². The molecule has 0 amide bonds. The minimum atomic E-state index is -1.50. The summed E-state index contributed by atoms with van der Waals surface area (Å²) in [7, 11) is 0. The minimum absolute atomic E-state index is 0.0903. The Morgan fingerprint density at radius 1 is 0.636 bits per heavy atom. The molecule has 2 heterocycles. The van der Waals surface area contributed by atoms with Crippen molar-refractivity contribution in [1.29, 1.82) is 0 Å². The Hall–Kier alpha value is -4.32. The molecule has 2 rings (SSSR count). The maximum absolute atomic E-state index is 13.0. The van der Waals surface area contributed by atoms with Crippen LogP contribution in [0.2, 0.25) is 0 Å². The van der Waals surface area contributed by atoms with E-state index in [1.54, 1.807) is 20.8 Å².